The Bertz CT molecular complexity index is 471. The molecule has 6 nitrogen and oxygen atoms in total. The number of carboxylic acid groups (broad SMARTS) is 1. The van der Waals surface area contributed by atoms with Gasteiger partial charge in [-0.15, -0.1) is 0 Å². The number of carbonyl (C=O) groups excluding carboxylic acids is 1. The molecule has 3 N–H and O–H groups in total. The zero-order valence-corrected chi connectivity index (χ0v) is 11.8. The number of carbonyl (C=O) groups is 2. The number of amides is 2. The van der Waals surface area contributed by atoms with E-state index in [-0.39, 0.29) is 0 Å². The van der Waals surface area contributed by atoms with Gasteiger partial charge in [0, 0.05) is 12.7 Å². The second kappa shape index (κ2) is 6.91. The third-order valence-electron chi connectivity index (χ3n) is 3.06. The molecule has 20 heavy (non-hydrogen) atoms. The lowest BCUT2D eigenvalue weighted by Crippen LogP contribution is -2.51. The van der Waals surface area contributed by atoms with Gasteiger partial charge in [0.2, 0.25) is 0 Å². The van der Waals surface area contributed by atoms with Crippen LogP contribution in [0, 0.1) is 0 Å². The van der Waals surface area contributed by atoms with Crippen molar-refractivity contribution in [3.8, 4) is 0 Å². The summed E-state index contributed by atoms with van der Waals surface area (Å²) in [6.45, 7) is 3.35. The van der Waals surface area contributed by atoms with Crippen LogP contribution in [0.25, 0.3) is 0 Å². The van der Waals surface area contributed by atoms with Crippen LogP contribution in [0.1, 0.15) is 19.4 Å². The quantitative estimate of drug-likeness (QED) is 0.756. The van der Waals surface area contributed by atoms with Crippen LogP contribution in [0.3, 0.4) is 0 Å². The molecule has 1 aromatic rings. The number of nitrogens with zero attached hydrogens (tertiary/aromatic N) is 1. The molecule has 0 aliphatic heterocycles. The van der Waals surface area contributed by atoms with Crippen LogP contribution < -0.4 is 10.2 Å². The highest BCUT2D eigenvalue weighted by Gasteiger charge is 2.26. The number of benzene rings is 1. The highest BCUT2D eigenvalue weighted by Crippen LogP contribution is 2.14. The van der Waals surface area contributed by atoms with Crippen molar-refractivity contribution in [1.82, 2.24) is 5.32 Å². The van der Waals surface area contributed by atoms with Crippen molar-refractivity contribution in [2.24, 2.45) is 0 Å². The third kappa shape index (κ3) is 3.96. The molecule has 0 spiro atoms. The van der Waals surface area contributed by atoms with E-state index in [4.69, 9.17) is 5.11 Å². The van der Waals surface area contributed by atoms with Gasteiger partial charge >= 0.3 is 12.0 Å². The van der Waals surface area contributed by atoms with E-state index in [2.05, 4.69) is 5.32 Å². The molecule has 0 saturated heterocycles. The zero-order chi connectivity index (χ0) is 15.3. The van der Waals surface area contributed by atoms with Gasteiger partial charge in [0.15, 0.2) is 6.04 Å². The lowest BCUT2D eigenvalue weighted by Gasteiger charge is -2.23. The van der Waals surface area contributed by atoms with Crippen molar-refractivity contribution in [1.29, 1.82) is 0 Å². The first-order valence-corrected chi connectivity index (χ1v) is 6.40. The molecule has 0 saturated carbocycles. The molecule has 0 radical (unpaired) electrons. The van der Waals surface area contributed by atoms with E-state index in [9.17, 15) is 14.7 Å². The van der Waals surface area contributed by atoms with E-state index in [0.717, 1.165) is 12.0 Å². The molecule has 6 heteroatoms. The number of aryl methyl sites for hydroxylation is 1. The Morgan fingerprint density at radius 3 is 2.25 bits per heavy atom. The molecule has 2 atom stereocenters. The second-order valence-electron chi connectivity index (χ2n) is 4.59. The van der Waals surface area contributed by atoms with Crippen LogP contribution in [0.4, 0.5) is 10.5 Å². The lowest BCUT2D eigenvalue weighted by atomic mass is 10.1. The Labute approximate surface area is 118 Å². The van der Waals surface area contributed by atoms with E-state index in [1.54, 1.807) is 12.1 Å². The van der Waals surface area contributed by atoms with Crippen LogP contribution in [-0.2, 0) is 11.2 Å². The molecular formula is C14H20N2O4. The predicted octanol–water partition coefficient (Wildman–Crippen LogP) is 1.23. The third-order valence-corrected chi connectivity index (χ3v) is 3.06. The summed E-state index contributed by atoms with van der Waals surface area (Å²) in [5.41, 5.74) is 1.80. The fourth-order valence-electron chi connectivity index (χ4n) is 1.69. The minimum absolute atomic E-state index is 0.581. The molecule has 0 heterocycles. The monoisotopic (exact) mass is 280 g/mol. The molecule has 0 fully saturated rings. The van der Waals surface area contributed by atoms with Crippen molar-refractivity contribution < 1.29 is 19.8 Å². The first-order valence-electron chi connectivity index (χ1n) is 6.40. The summed E-state index contributed by atoms with van der Waals surface area (Å²) in [6, 6.07) is 5.47. The Hall–Kier alpha value is -2.08. The van der Waals surface area contributed by atoms with Crippen LogP contribution in [0.15, 0.2) is 24.3 Å². The molecule has 0 aromatic heterocycles. The van der Waals surface area contributed by atoms with E-state index in [1.807, 2.05) is 19.1 Å². The van der Waals surface area contributed by atoms with Crippen molar-refractivity contribution >= 4 is 17.7 Å². The molecule has 0 aliphatic carbocycles. The molecule has 110 valence electrons. The Morgan fingerprint density at radius 2 is 1.85 bits per heavy atom. The van der Waals surface area contributed by atoms with Crippen LogP contribution in [0.5, 0.6) is 0 Å². The van der Waals surface area contributed by atoms with Crippen LogP contribution >= 0.6 is 0 Å². The van der Waals surface area contributed by atoms with Gasteiger partial charge in [-0.2, -0.15) is 0 Å². The first-order chi connectivity index (χ1) is 9.36. The number of aliphatic carboxylic acids is 1. The summed E-state index contributed by atoms with van der Waals surface area (Å²) in [4.78, 5) is 24.2. The second-order valence-corrected chi connectivity index (χ2v) is 4.59. The number of aliphatic hydroxyl groups excluding tert-OH is 1. The minimum atomic E-state index is -1.33. The summed E-state index contributed by atoms with van der Waals surface area (Å²) in [5, 5.41) is 20.5. The van der Waals surface area contributed by atoms with E-state index >= 15 is 0 Å². The van der Waals surface area contributed by atoms with Crippen molar-refractivity contribution in [3.63, 3.8) is 0 Å². The van der Waals surface area contributed by atoms with Gasteiger partial charge in [0.25, 0.3) is 0 Å². The van der Waals surface area contributed by atoms with Gasteiger partial charge in [-0.1, -0.05) is 19.1 Å². The van der Waals surface area contributed by atoms with Crippen molar-refractivity contribution in [3.05, 3.63) is 29.8 Å². The highest BCUT2D eigenvalue weighted by atomic mass is 16.4. The number of anilines is 1. The van der Waals surface area contributed by atoms with Gasteiger partial charge < -0.3 is 15.5 Å². The first kappa shape index (κ1) is 16.0. The summed E-state index contributed by atoms with van der Waals surface area (Å²) < 4.78 is 0. The van der Waals surface area contributed by atoms with Gasteiger partial charge in [0.1, 0.15) is 0 Å². The van der Waals surface area contributed by atoms with Gasteiger partial charge in [-0.05, 0) is 31.0 Å². The topological polar surface area (TPSA) is 89.9 Å². The largest absolute Gasteiger partial charge is 0.480 e. The summed E-state index contributed by atoms with van der Waals surface area (Å²) >= 11 is 0. The van der Waals surface area contributed by atoms with Crippen LogP contribution in [0.2, 0.25) is 0 Å². The van der Waals surface area contributed by atoms with Gasteiger partial charge in [0.05, 0.1) is 6.10 Å². The number of urea groups is 1. The van der Waals surface area contributed by atoms with Crippen LogP contribution in [-0.4, -0.2) is 41.4 Å². The molecule has 0 bridgehead atoms. The number of hydrogen-bond donors (Lipinski definition) is 3. The standard InChI is InChI=1S/C14H20N2O4/c1-4-10-5-7-11(8-6-10)16(3)14(20)15-12(9(2)17)13(18)19/h5-9,12,17H,4H2,1-3H3,(H,15,20)(H,18,19)/t9-,12+/m1/s1. The Balaban J connectivity index is 2.77. The number of nitrogens with one attached hydrogen (secondary N) is 1. The molecule has 1 rings (SSSR count). The molecule has 1 aromatic carbocycles. The van der Waals surface area contributed by atoms with E-state index in [1.165, 1.54) is 18.9 Å². The maximum atomic E-state index is 12.0. The molecular weight excluding hydrogens is 260 g/mol. The number of aliphatic hydroxyl groups is 1. The van der Waals surface area contributed by atoms with Gasteiger partial charge in [-0.3, -0.25) is 4.90 Å². The van der Waals surface area contributed by atoms with E-state index < -0.39 is 24.1 Å². The normalized spacial score (nSPS) is 13.4. The highest BCUT2D eigenvalue weighted by molar-refractivity contribution is 5.94. The molecule has 0 unspecified atom stereocenters. The maximum Gasteiger partial charge on any atom is 0.328 e. The van der Waals surface area contributed by atoms with Crippen molar-refractivity contribution in [2.75, 3.05) is 11.9 Å². The summed E-state index contributed by atoms with van der Waals surface area (Å²) in [6.07, 6.45) is -0.272. The number of hydrogen-bond acceptors (Lipinski definition) is 3. The maximum absolute atomic E-state index is 12.0. The van der Waals surface area contributed by atoms with Gasteiger partial charge in [-0.25, -0.2) is 9.59 Å². The fourth-order valence-corrected chi connectivity index (χ4v) is 1.69. The molecule has 0 aliphatic rings. The van der Waals surface area contributed by atoms with E-state index in [0.29, 0.717) is 5.69 Å². The molecule has 2 amide bonds. The predicted molar refractivity (Wildman–Crippen MR) is 75.9 cm³/mol. The summed E-state index contributed by atoms with van der Waals surface area (Å²) in [5.74, 6) is -1.27. The van der Waals surface area contributed by atoms with Crippen molar-refractivity contribution in [2.45, 2.75) is 32.4 Å². The smallest absolute Gasteiger partial charge is 0.328 e. The zero-order valence-electron chi connectivity index (χ0n) is 11.8. The summed E-state index contributed by atoms with van der Waals surface area (Å²) in [7, 11) is 1.54. The Morgan fingerprint density at radius 1 is 1.30 bits per heavy atom. The number of rotatable bonds is 5. The fraction of sp³-hybridized carbons (Fsp3) is 0.429. The lowest BCUT2D eigenvalue weighted by molar-refractivity contribution is -0.141. The number of carboxylic acids is 1. The average Bonchev–Trinajstić information content (AvgIpc) is 2.43. The SMILES string of the molecule is CCc1ccc(N(C)C(=O)N[C@H](C(=O)O)[C@@H](C)O)cc1. The minimum Gasteiger partial charge on any atom is -0.480 e. The average molecular weight is 280 g/mol. The Kier molecular flexibility index (Phi) is 5.52.